The van der Waals surface area contributed by atoms with Crippen LogP contribution < -0.4 is 5.32 Å². The lowest BCUT2D eigenvalue weighted by Crippen LogP contribution is -2.39. The van der Waals surface area contributed by atoms with Gasteiger partial charge in [-0.15, -0.1) is 12.4 Å². The molecule has 0 bridgehead atoms. The van der Waals surface area contributed by atoms with Crippen LogP contribution in [0.15, 0.2) is 0 Å². The third-order valence-electron chi connectivity index (χ3n) is 2.09. The molecule has 0 aliphatic carbocycles. The Morgan fingerprint density at radius 2 is 2.27 bits per heavy atom. The molecule has 1 saturated heterocycles. The van der Waals surface area contributed by atoms with Crippen molar-refractivity contribution >= 4 is 12.4 Å². The van der Waals surface area contributed by atoms with E-state index >= 15 is 0 Å². The van der Waals surface area contributed by atoms with Crippen LogP contribution in [-0.2, 0) is 4.74 Å². The maximum atomic E-state index is 5.56. The van der Waals surface area contributed by atoms with E-state index in [4.69, 9.17) is 4.74 Å². The van der Waals surface area contributed by atoms with Crippen molar-refractivity contribution in [3.8, 4) is 0 Å². The first kappa shape index (κ1) is 11.2. The minimum absolute atomic E-state index is 0. The van der Waals surface area contributed by atoms with Crippen LogP contribution in [0.4, 0.5) is 0 Å². The Morgan fingerprint density at radius 1 is 1.55 bits per heavy atom. The predicted molar refractivity (Wildman–Crippen MR) is 49.3 cm³/mol. The number of nitrogens with one attached hydrogen (secondary N) is 1. The zero-order chi connectivity index (χ0) is 7.40. The Labute approximate surface area is 75.1 Å². The number of hydrogen-bond acceptors (Lipinski definition) is 2. The van der Waals surface area contributed by atoms with Gasteiger partial charge in [-0.25, -0.2) is 0 Å². The van der Waals surface area contributed by atoms with Crippen LogP contribution in [0.5, 0.6) is 0 Å². The van der Waals surface area contributed by atoms with Crippen molar-refractivity contribution in [2.45, 2.75) is 26.4 Å². The van der Waals surface area contributed by atoms with Crippen molar-refractivity contribution in [3.05, 3.63) is 0 Å². The smallest absolute Gasteiger partial charge is 0.0624 e. The fourth-order valence-corrected chi connectivity index (χ4v) is 1.45. The Kier molecular flexibility index (Phi) is 5.92. The van der Waals surface area contributed by atoms with Gasteiger partial charge in [-0.1, -0.05) is 6.92 Å². The predicted octanol–water partition coefficient (Wildman–Crippen LogP) is 1.44. The van der Waals surface area contributed by atoms with Gasteiger partial charge in [-0.05, 0) is 25.8 Å². The topological polar surface area (TPSA) is 21.3 Å². The zero-order valence-electron chi connectivity index (χ0n) is 7.30. The molecule has 0 aromatic rings. The van der Waals surface area contributed by atoms with Crippen molar-refractivity contribution in [1.29, 1.82) is 0 Å². The fraction of sp³-hybridized carbons (Fsp3) is 1.00. The van der Waals surface area contributed by atoms with E-state index in [0.717, 1.165) is 19.7 Å². The number of halogens is 1. The highest BCUT2D eigenvalue weighted by atomic mass is 35.5. The Bertz CT molecular complexity index is 98.1. The Morgan fingerprint density at radius 3 is 2.82 bits per heavy atom. The summed E-state index contributed by atoms with van der Waals surface area (Å²) in [6.45, 7) is 7.40. The molecule has 2 nitrogen and oxygen atoms in total. The average molecular weight is 180 g/mol. The van der Waals surface area contributed by atoms with Gasteiger partial charge in [0.1, 0.15) is 0 Å². The van der Waals surface area contributed by atoms with E-state index < -0.39 is 0 Å². The molecule has 0 aromatic carbocycles. The van der Waals surface area contributed by atoms with Gasteiger partial charge < -0.3 is 10.1 Å². The highest BCUT2D eigenvalue weighted by molar-refractivity contribution is 5.85. The maximum absolute atomic E-state index is 5.56. The van der Waals surface area contributed by atoms with E-state index in [1.807, 2.05) is 0 Å². The van der Waals surface area contributed by atoms with Gasteiger partial charge in [0.05, 0.1) is 6.10 Å². The molecule has 2 unspecified atom stereocenters. The van der Waals surface area contributed by atoms with E-state index in [9.17, 15) is 0 Å². The van der Waals surface area contributed by atoms with Crippen LogP contribution in [0, 0.1) is 5.92 Å². The number of ether oxygens (including phenoxy) is 1. The molecule has 0 saturated carbocycles. The van der Waals surface area contributed by atoms with Gasteiger partial charge in [0.2, 0.25) is 0 Å². The van der Waals surface area contributed by atoms with Crippen LogP contribution in [-0.4, -0.2) is 25.8 Å². The molecule has 1 aliphatic heterocycles. The number of piperidine rings is 1. The minimum atomic E-state index is 0. The van der Waals surface area contributed by atoms with Gasteiger partial charge >= 0.3 is 0 Å². The standard InChI is InChI=1S/C8H17NO.ClH/c1-3-10-8-4-5-9-6-7(8)2;/h7-9H,3-6H2,1-2H3;1H. The Balaban J connectivity index is 0.000001000. The van der Waals surface area contributed by atoms with E-state index in [0.29, 0.717) is 12.0 Å². The molecule has 0 spiro atoms. The summed E-state index contributed by atoms with van der Waals surface area (Å²) in [6.07, 6.45) is 1.68. The zero-order valence-corrected chi connectivity index (χ0v) is 8.12. The third-order valence-corrected chi connectivity index (χ3v) is 2.09. The van der Waals surface area contributed by atoms with Crippen molar-refractivity contribution in [1.82, 2.24) is 5.32 Å². The molecule has 1 heterocycles. The minimum Gasteiger partial charge on any atom is -0.378 e. The highest BCUT2D eigenvalue weighted by Crippen LogP contribution is 2.13. The van der Waals surface area contributed by atoms with Gasteiger partial charge in [0.15, 0.2) is 0 Å². The molecule has 11 heavy (non-hydrogen) atoms. The summed E-state index contributed by atoms with van der Waals surface area (Å²) in [5.74, 6) is 0.689. The van der Waals surface area contributed by atoms with Crippen LogP contribution in [0.25, 0.3) is 0 Å². The van der Waals surface area contributed by atoms with E-state index in [1.54, 1.807) is 0 Å². The largest absolute Gasteiger partial charge is 0.378 e. The van der Waals surface area contributed by atoms with Gasteiger partial charge in [0.25, 0.3) is 0 Å². The lowest BCUT2D eigenvalue weighted by molar-refractivity contribution is 0.00817. The van der Waals surface area contributed by atoms with Crippen molar-refractivity contribution in [2.75, 3.05) is 19.7 Å². The SMILES string of the molecule is CCOC1CCNCC1C.Cl. The van der Waals surface area contributed by atoms with E-state index in [2.05, 4.69) is 19.2 Å². The van der Waals surface area contributed by atoms with Crippen molar-refractivity contribution in [2.24, 2.45) is 5.92 Å². The first-order chi connectivity index (χ1) is 4.84. The molecule has 0 amide bonds. The summed E-state index contributed by atoms with van der Waals surface area (Å²) >= 11 is 0. The summed E-state index contributed by atoms with van der Waals surface area (Å²) in [5, 5.41) is 3.34. The first-order valence-electron chi connectivity index (χ1n) is 4.17. The molecule has 0 aromatic heterocycles. The number of hydrogen-bond donors (Lipinski definition) is 1. The second kappa shape index (κ2) is 5.81. The van der Waals surface area contributed by atoms with Gasteiger partial charge in [0, 0.05) is 13.2 Å². The summed E-state index contributed by atoms with van der Waals surface area (Å²) in [5.41, 5.74) is 0. The molecule has 1 N–H and O–H groups in total. The van der Waals surface area contributed by atoms with Crippen molar-refractivity contribution in [3.63, 3.8) is 0 Å². The highest BCUT2D eigenvalue weighted by Gasteiger charge is 2.20. The summed E-state index contributed by atoms with van der Waals surface area (Å²) in [7, 11) is 0. The molecule has 1 fully saturated rings. The second-order valence-electron chi connectivity index (χ2n) is 2.96. The molecule has 2 atom stereocenters. The lowest BCUT2D eigenvalue weighted by atomic mass is 9.98. The summed E-state index contributed by atoms with van der Waals surface area (Å²) < 4.78 is 5.56. The quantitative estimate of drug-likeness (QED) is 0.693. The van der Waals surface area contributed by atoms with Gasteiger partial charge in [-0.3, -0.25) is 0 Å². The molecule has 0 radical (unpaired) electrons. The van der Waals surface area contributed by atoms with Crippen LogP contribution in [0.1, 0.15) is 20.3 Å². The Hall–Kier alpha value is 0.210. The molecule has 3 heteroatoms. The molecule has 1 rings (SSSR count). The molecule has 68 valence electrons. The van der Waals surface area contributed by atoms with Crippen LogP contribution >= 0.6 is 12.4 Å². The first-order valence-corrected chi connectivity index (χ1v) is 4.17. The van der Waals surface area contributed by atoms with E-state index in [1.165, 1.54) is 6.42 Å². The van der Waals surface area contributed by atoms with Crippen LogP contribution in [0.3, 0.4) is 0 Å². The van der Waals surface area contributed by atoms with Crippen molar-refractivity contribution < 1.29 is 4.74 Å². The lowest BCUT2D eigenvalue weighted by Gasteiger charge is -2.28. The summed E-state index contributed by atoms with van der Waals surface area (Å²) in [4.78, 5) is 0. The maximum Gasteiger partial charge on any atom is 0.0624 e. The summed E-state index contributed by atoms with van der Waals surface area (Å²) in [6, 6.07) is 0. The monoisotopic (exact) mass is 179 g/mol. The van der Waals surface area contributed by atoms with E-state index in [-0.39, 0.29) is 12.4 Å². The molecule has 1 aliphatic rings. The van der Waals surface area contributed by atoms with Crippen LogP contribution in [0.2, 0.25) is 0 Å². The normalized spacial score (nSPS) is 31.1. The number of rotatable bonds is 2. The second-order valence-corrected chi connectivity index (χ2v) is 2.96. The average Bonchev–Trinajstić information content (AvgIpc) is 1.94. The fourth-order valence-electron chi connectivity index (χ4n) is 1.45. The molecular weight excluding hydrogens is 162 g/mol. The molecular formula is C8H18ClNO. The third kappa shape index (κ3) is 3.41. The van der Waals surface area contributed by atoms with Gasteiger partial charge in [-0.2, -0.15) is 0 Å².